The maximum Gasteiger partial charge on any atom is 0.159 e. The molecule has 0 aromatic heterocycles. The molecule has 0 saturated carbocycles. The van der Waals surface area contributed by atoms with Crippen molar-refractivity contribution in [2.75, 3.05) is 24.5 Å². The molecule has 2 aromatic carbocycles. The molecule has 0 N–H and O–H groups in total. The van der Waals surface area contributed by atoms with Crippen molar-refractivity contribution in [3.63, 3.8) is 0 Å². The van der Waals surface area contributed by atoms with Gasteiger partial charge in [0, 0.05) is 41.8 Å². The Labute approximate surface area is 146 Å². The smallest absolute Gasteiger partial charge is 0.159 e. The van der Waals surface area contributed by atoms with E-state index in [0.29, 0.717) is 6.04 Å². The van der Waals surface area contributed by atoms with Crippen LogP contribution in [0.3, 0.4) is 0 Å². The van der Waals surface area contributed by atoms with Gasteiger partial charge >= 0.3 is 0 Å². The number of halogens is 1. The number of carbonyl (C=O) groups is 1. The Morgan fingerprint density at radius 2 is 1.75 bits per heavy atom. The topological polar surface area (TPSA) is 23.6 Å². The van der Waals surface area contributed by atoms with Gasteiger partial charge in [0.15, 0.2) is 5.78 Å². The molecule has 0 radical (unpaired) electrons. The van der Waals surface area contributed by atoms with E-state index in [4.69, 9.17) is 0 Å². The summed E-state index contributed by atoms with van der Waals surface area (Å²) in [5, 5.41) is 0. The first-order chi connectivity index (χ1) is 11.5. The Balaban J connectivity index is 1.61. The highest BCUT2D eigenvalue weighted by Crippen LogP contribution is 2.29. The number of anilines is 1. The summed E-state index contributed by atoms with van der Waals surface area (Å²) in [7, 11) is 0. The molecule has 3 rings (SSSR count). The third-order valence-corrected chi connectivity index (χ3v) is 5.50. The maximum absolute atomic E-state index is 13.1. The lowest BCUT2D eigenvalue weighted by Gasteiger charge is -2.40. The molecule has 3 nitrogen and oxygen atoms in total. The van der Waals surface area contributed by atoms with Crippen LogP contribution < -0.4 is 4.90 Å². The highest BCUT2D eigenvalue weighted by atomic mass is 32.2. The Morgan fingerprint density at radius 3 is 2.33 bits per heavy atom. The lowest BCUT2D eigenvalue weighted by molar-refractivity contribution is 0.101. The van der Waals surface area contributed by atoms with Crippen molar-refractivity contribution in [2.24, 2.45) is 0 Å². The van der Waals surface area contributed by atoms with Gasteiger partial charge in [0.05, 0.1) is 0 Å². The fraction of sp³-hybridized carbons (Fsp3) is 0.316. The zero-order valence-corrected chi connectivity index (χ0v) is 14.7. The molecule has 0 bridgehead atoms. The van der Waals surface area contributed by atoms with Gasteiger partial charge < -0.3 is 4.90 Å². The molecule has 1 fully saturated rings. The molecule has 1 heterocycles. The number of Topliss-reactive ketones (excluding diaryl/α,β-unsaturated/α-hetero) is 1. The minimum Gasteiger partial charge on any atom is -0.369 e. The van der Waals surface area contributed by atoms with Crippen LogP contribution in [-0.4, -0.2) is 35.8 Å². The SMILES string of the molecule is CC(=O)c1ccc(SN2CCN(c3ccc(F)cc3)CC2C)cc1. The molecule has 1 aliphatic rings. The van der Waals surface area contributed by atoms with Gasteiger partial charge in [0.25, 0.3) is 0 Å². The van der Waals surface area contributed by atoms with Crippen LogP contribution in [0.5, 0.6) is 0 Å². The van der Waals surface area contributed by atoms with Crippen LogP contribution >= 0.6 is 11.9 Å². The summed E-state index contributed by atoms with van der Waals surface area (Å²) in [5.74, 6) is -0.108. The quantitative estimate of drug-likeness (QED) is 0.611. The van der Waals surface area contributed by atoms with Crippen LogP contribution in [0.1, 0.15) is 24.2 Å². The van der Waals surface area contributed by atoms with Gasteiger partial charge in [-0.05, 0) is 62.2 Å². The van der Waals surface area contributed by atoms with Crippen molar-refractivity contribution in [3.05, 3.63) is 59.9 Å². The largest absolute Gasteiger partial charge is 0.369 e. The molecule has 24 heavy (non-hydrogen) atoms. The standard InChI is InChI=1S/C19H21FN2OS/c1-14-13-21(18-7-5-17(20)6-8-18)11-12-22(14)24-19-9-3-16(4-10-19)15(2)23/h3-10,14H,11-13H2,1-2H3. The number of nitrogens with zero attached hydrogens (tertiary/aromatic N) is 2. The molecule has 1 saturated heterocycles. The van der Waals surface area contributed by atoms with Crippen LogP contribution in [0, 0.1) is 5.82 Å². The first-order valence-electron chi connectivity index (χ1n) is 8.09. The van der Waals surface area contributed by atoms with Crippen LogP contribution in [0.2, 0.25) is 0 Å². The van der Waals surface area contributed by atoms with E-state index in [1.165, 1.54) is 12.1 Å². The fourth-order valence-electron chi connectivity index (χ4n) is 2.85. The minimum absolute atomic E-state index is 0.0906. The van der Waals surface area contributed by atoms with Gasteiger partial charge in [0.2, 0.25) is 0 Å². The second-order valence-corrected chi connectivity index (χ2v) is 7.21. The zero-order chi connectivity index (χ0) is 17.1. The van der Waals surface area contributed by atoms with Crippen molar-refractivity contribution in [2.45, 2.75) is 24.8 Å². The fourth-order valence-corrected chi connectivity index (χ4v) is 3.80. The number of carbonyl (C=O) groups excluding carboxylic acids is 1. The van der Waals surface area contributed by atoms with Gasteiger partial charge in [-0.15, -0.1) is 0 Å². The van der Waals surface area contributed by atoms with E-state index in [1.54, 1.807) is 18.9 Å². The number of rotatable bonds is 4. The van der Waals surface area contributed by atoms with Crippen LogP contribution in [0.25, 0.3) is 0 Å². The third-order valence-electron chi connectivity index (χ3n) is 4.24. The van der Waals surface area contributed by atoms with E-state index in [-0.39, 0.29) is 11.6 Å². The van der Waals surface area contributed by atoms with E-state index >= 15 is 0 Å². The molecular weight excluding hydrogens is 323 g/mol. The summed E-state index contributed by atoms with van der Waals surface area (Å²) in [6.45, 7) is 6.53. The first-order valence-corrected chi connectivity index (χ1v) is 8.86. The molecule has 1 aliphatic heterocycles. The predicted molar refractivity (Wildman–Crippen MR) is 97.1 cm³/mol. The van der Waals surface area contributed by atoms with Crippen LogP contribution in [0.15, 0.2) is 53.4 Å². The summed E-state index contributed by atoms with van der Waals surface area (Å²) in [5.41, 5.74) is 1.81. The van der Waals surface area contributed by atoms with Gasteiger partial charge in [-0.1, -0.05) is 12.1 Å². The maximum atomic E-state index is 13.1. The molecule has 0 aliphatic carbocycles. The number of piperazine rings is 1. The second-order valence-electron chi connectivity index (χ2n) is 6.08. The lowest BCUT2D eigenvalue weighted by atomic mass is 10.2. The lowest BCUT2D eigenvalue weighted by Crippen LogP contribution is -2.49. The zero-order valence-electron chi connectivity index (χ0n) is 13.9. The average molecular weight is 344 g/mol. The van der Waals surface area contributed by atoms with Crippen molar-refractivity contribution < 1.29 is 9.18 Å². The van der Waals surface area contributed by atoms with Crippen molar-refractivity contribution in [3.8, 4) is 0 Å². The Hall–Kier alpha value is -1.85. The van der Waals surface area contributed by atoms with Crippen molar-refractivity contribution in [1.82, 2.24) is 4.31 Å². The highest BCUT2D eigenvalue weighted by molar-refractivity contribution is 7.97. The normalized spacial score (nSPS) is 18.6. The van der Waals surface area contributed by atoms with Gasteiger partial charge in [0.1, 0.15) is 5.82 Å². The Bertz CT molecular complexity index is 702. The summed E-state index contributed by atoms with van der Waals surface area (Å²) in [6, 6.07) is 14.8. The highest BCUT2D eigenvalue weighted by Gasteiger charge is 2.24. The monoisotopic (exact) mass is 344 g/mol. The van der Waals surface area contributed by atoms with Gasteiger partial charge in [-0.25, -0.2) is 8.70 Å². The Kier molecular flexibility index (Phi) is 5.21. The number of hydrogen-bond acceptors (Lipinski definition) is 4. The van der Waals surface area contributed by atoms with Gasteiger partial charge in [-0.3, -0.25) is 4.79 Å². The number of hydrogen-bond donors (Lipinski definition) is 0. The molecular formula is C19H21FN2OS. The third kappa shape index (κ3) is 3.97. The molecule has 126 valence electrons. The molecule has 1 unspecified atom stereocenters. The van der Waals surface area contributed by atoms with E-state index in [0.717, 1.165) is 35.8 Å². The summed E-state index contributed by atoms with van der Waals surface area (Å²) >= 11 is 1.73. The average Bonchev–Trinajstić information content (AvgIpc) is 2.58. The summed E-state index contributed by atoms with van der Waals surface area (Å²) < 4.78 is 15.4. The van der Waals surface area contributed by atoms with Gasteiger partial charge in [-0.2, -0.15) is 0 Å². The predicted octanol–water partition coefficient (Wildman–Crippen LogP) is 4.25. The van der Waals surface area contributed by atoms with Crippen molar-refractivity contribution in [1.29, 1.82) is 0 Å². The first kappa shape index (κ1) is 17.0. The van der Waals surface area contributed by atoms with E-state index < -0.39 is 0 Å². The van der Waals surface area contributed by atoms with E-state index in [2.05, 4.69) is 16.1 Å². The number of ketones is 1. The minimum atomic E-state index is -0.199. The molecule has 5 heteroatoms. The Morgan fingerprint density at radius 1 is 1.08 bits per heavy atom. The van der Waals surface area contributed by atoms with E-state index in [9.17, 15) is 9.18 Å². The molecule has 1 atom stereocenters. The van der Waals surface area contributed by atoms with Crippen LogP contribution in [0.4, 0.5) is 10.1 Å². The summed E-state index contributed by atoms with van der Waals surface area (Å²) in [6.07, 6.45) is 0. The molecule has 0 spiro atoms. The van der Waals surface area contributed by atoms with Crippen molar-refractivity contribution >= 4 is 23.4 Å². The van der Waals surface area contributed by atoms with Crippen LogP contribution in [-0.2, 0) is 0 Å². The summed E-state index contributed by atoms with van der Waals surface area (Å²) in [4.78, 5) is 14.8. The molecule has 2 aromatic rings. The second kappa shape index (κ2) is 7.36. The van der Waals surface area contributed by atoms with E-state index in [1.807, 2.05) is 36.4 Å². The number of benzene rings is 2. The molecule has 0 amide bonds.